The van der Waals surface area contributed by atoms with Crippen LogP contribution in [0.25, 0.3) is 11.1 Å². The van der Waals surface area contributed by atoms with E-state index in [-0.39, 0.29) is 54.4 Å². The van der Waals surface area contributed by atoms with Gasteiger partial charge in [-0.15, -0.1) is 0 Å². The summed E-state index contributed by atoms with van der Waals surface area (Å²) in [4.78, 5) is 27.7. The van der Waals surface area contributed by atoms with E-state index >= 15 is 4.39 Å². The molecule has 2 aliphatic heterocycles. The lowest BCUT2D eigenvalue weighted by molar-refractivity contribution is -0.256. The third-order valence-corrected chi connectivity index (χ3v) is 8.92. The molecule has 2 heterocycles. The molecule has 0 bridgehead atoms. The van der Waals surface area contributed by atoms with E-state index in [1.807, 2.05) is 4.90 Å². The zero-order valence-electron chi connectivity index (χ0n) is 22.7. The molecule has 0 radical (unpaired) electrons. The summed E-state index contributed by atoms with van der Waals surface area (Å²) >= 11 is 0. The van der Waals surface area contributed by atoms with Crippen LogP contribution in [0.1, 0.15) is 55.3 Å². The Labute approximate surface area is 235 Å². The van der Waals surface area contributed by atoms with E-state index in [9.17, 15) is 27.2 Å². The summed E-state index contributed by atoms with van der Waals surface area (Å²) in [7, 11) is 0. The SMILES string of the molecule is NC(=O)[C@@H]1CCCN1C(=O)c1ccc(-c2ccc(OCC3CCN(CC4(C(F)(F)F)CCC4)CC3)c(F)c2)c(F)c1. The van der Waals surface area contributed by atoms with E-state index in [0.717, 1.165) is 12.1 Å². The van der Waals surface area contributed by atoms with Gasteiger partial charge in [0.2, 0.25) is 5.91 Å². The van der Waals surface area contributed by atoms with Crippen LogP contribution in [0, 0.1) is 23.0 Å². The first-order valence-corrected chi connectivity index (χ1v) is 14.1. The van der Waals surface area contributed by atoms with Crippen molar-refractivity contribution in [3.8, 4) is 16.9 Å². The highest BCUT2D eigenvalue weighted by Crippen LogP contribution is 2.53. The minimum absolute atomic E-state index is 0.0143. The number of benzene rings is 2. The molecule has 11 heteroatoms. The number of alkyl halides is 3. The third-order valence-electron chi connectivity index (χ3n) is 8.92. The zero-order valence-corrected chi connectivity index (χ0v) is 22.7. The molecule has 1 aliphatic carbocycles. The summed E-state index contributed by atoms with van der Waals surface area (Å²) in [5.74, 6) is -2.35. The predicted octanol–water partition coefficient (Wildman–Crippen LogP) is 5.55. The number of ether oxygens (including phenoxy) is 1. The Morgan fingerprint density at radius 1 is 0.951 bits per heavy atom. The third kappa shape index (κ3) is 6.05. The number of nitrogens with zero attached hydrogens (tertiary/aromatic N) is 2. The van der Waals surface area contributed by atoms with Crippen molar-refractivity contribution in [3.63, 3.8) is 0 Å². The van der Waals surface area contributed by atoms with Crippen molar-refractivity contribution in [2.75, 3.05) is 32.8 Å². The zero-order chi connectivity index (χ0) is 29.4. The summed E-state index contributed by atoms with van der Waals surface area (Å²) in [6.45, 7) is 1.73. The first kappa shape index (κ1) is 29.3. The fourth-order valence-electron chi connectivity index (χ4n) is 6.22. The summed E-state index contributed by atoms with van der Waals surface area (Å²) in [5, 5.41) is 0. The number of amides is 2. The van der Waals surface area contributed by atoms with Crippen LogP contribution in [0.2, 0.25) is 0 Å². The molecule has 5 rings (SSSR count). The van der Waals surface area contributed by atoms with Gasteiger partial charge in [-0.25, -0.2) is 8.78 Å². The Bertz CT molecular complexity index is 1290. The van der Waals surface area contributed by atoms with E-state index in [4.69, 9.17) is 10.5 Å². The van der Waals surface area contributed by atoms with Gasteiger partial charge in [0.1, 0.15) is 11.9 Å². The lowest BCUT2D eigenvalue weighted by Gasteiger charge is -2.47. The minimum atomic E-state index is -4.18. The van der Waals surface area contributed by atoms with Crippen molar-refractivity contribution < 1.29 is 36.3 Å². The fraction of sp³-hybridized carbons (Fsp3) is 0.533. The van der Waals surface area contributed by atoms with E-state index < -0.39 is 41.1 Å². The largest absolute Gasteiger partial charge is 0.490 e. The van der Waals surface area contributed by atoms with Crippen molar-refractivity contribution in [3.05, 3.63) is 53.6 Å². The number of halogens is 5. The lowest BCUT2D eigenvalue weighted by atomic mass is 9.67. The monoisotopic (exact) mass is 579 g/mol. The van der Waals surface area contributed by atoms with Crippen LogP contribution in [0.5, 0.6) is 5.75 Å². The van der Waals surface area contributed by atoms with Crippen LogP contribution in [0.3, 0.4) is 0 Å². The van der Waals surface area contributed by atoms with Crippen molar-refractivity contribution in [1.29, 1.82) is 0 Å². The maximum atomic E-state index is 15.0. The second-order valence-electron chi connectivity index (χ2n) is 11.6. The Morgan fingerprint density at radius 2 is 1.68 bits per heavy atom. The molecule has 2 saturated heterocycles. The summed E-state index contributed by atoms with van der Waals surface area (Å²) in [6.07, 6.45) is -0.743. The Kier molecular flexibility index (Phi) is 8.27. The molecular weight excluding hydrogens is 545 g/mol. The summed E-state index contributed by atoms with van der Waals surface area (Å²) in [5.41, 5.74) is 4.26. The van der Waals surface area contributed by atoms with Crippen LogP contribution < -0.4 is 10.5 Å². The molecule has 2 aromatic rings. The van der Waals surface area contributed by atoms with Crippen LogP contribution in [0.15, 0.2) is 36.4 Å². The highest BCUT2D eigenvalue weighted by atomic mass is 19.4. The second kappa shape index (κ2) is 11.6. The van der Waals surface area contributed by atoms with Gasteiger partial charge in [-0.2, -0.15) is 13.2 Å². The van der Waals surface area contributed by atoms with Crippen LogP contribution >= 0.6 is 0 Å². The molecule has 0 aromatic heterocycles. The predicted molar refractivity (Wildman–Crippen MR) is 142 cm³/mol. The van der Waals surface area contributed by atoms with Crippen molar-refractivity contribution in [2.24, 2.45) is 17.1 Å². The number of hydrogen-bond acceptors (Lipinski definition) is 4. The van der Waals surface area contributed by atoms with Gasteiger partial charge in [-0.1, -0.05) is 18.6 Å². The normalized spacial score (nSPS) is 21.5. The molecule has 6 nitrogen and oxygen atoms in total. The molecule has 3 fully saturated rings. The number of hydrogen-bond donors (Lipinski definition) is 1. The van der Waals surface area contributed by atoms with Gasteiger partial charge in [0.25, 0.3) is 5.91 Å². The number of likely N-dealkylation sites (tertiary alicyclic amines) is 2. The molecule has 0 unspecified atom stereocenters. The first-order valence-electron chi connectivity index (χ1n) is 14.1. The molecule has 2 aromatic carbocycles. The van der Waals surface area contributed by atoms with Crippen LogP contribution in [0.4, 0.5) is 22.0 Å². The van der Waals surface area contributed by atoms with E-state index in [2.05, 4.69) is 0 Å². The van der Waals surface area contributed by atoms with Gasteiger partial charge in [-0.05, 0) is 87.4 Å². The Morgan fingerprint density at radius 3 is 2.27 bits per heavy atom. The molecule has 1 saturated carbocycles. The molecule has 3 aliphatic rings. The standard InChI is InChI=1S/C30H34F5N3O3/c31-23-16-21(28(40)38-12-1-3-25(38)27(36)39)4-6-22(23)20-5-7-26(24(32)15-20)41-17-19-8-13-37(14-9-19)18-29(10-2-11-29)30(33,34)35/h4-7,15-16,19,25H,1-3,8-14,17-18H2,(H2,36,39)/t25-/m0/s1. The second-order valence-corrected chi connectivity index (χ2v) is 11.6. The molecule has 2 N–H and O–H groups in total. The van der Waals surface area contributed by atoms with Gasteiger partial charge in [0.15, 0.2) is 11.6 Å². The summed E-state index contributed by atoms with van der Waals surface area (Å²) in [6, 6.07) is 7.30. The van der Waals surface area contributed by atoms with E-state index in [0.29, 0.717) is 51.7 Å². The highest BCUT2D eigenvalue weighted by molar-refractivity contribution is 5.98. The topological polar surface area (TPSA) is 75.9 Å². The van der Waals surface area contributed by atoms with Crippen molar-refractivity contribution in [2.45, 2.75) is 57.2 Å². The average Bonchev–Trinajstić information content (AvgIpc) is 3.40. The van der Waals surface area contributed by atoms with E-state index in [1.165, 1.54) is 29.2 Å². The van der Waals surface area contributed by atoms with Gasteiger partial charge in [0.05, 0.1) is 12.0 Å². The number of carbonyl (C=O) groups excluding carboxylic acids is 2. The van der Waals surface area contributed by atoms with Gasteiger partial charge in [-0.3, -0.25) is 9.59 Å². The van der Waals surface area contributed by atoms with Crippen molar-refractivity contribution >= 4 is 11.8 Å². The molecular formula is C30H34F5N3O3. The minimum Gasteiger partial charge on any atom is -0.490 e. The number of primary amides is 1. The average molecular weight is 580 g/mol. The fourth-order valence-corrected chi connectivity index (χ4v) is 6.22. The van der Waals surface area contributed by atoms with E-state index in [1.54, 1.807) is 0 Å². The summed E-state index contributed by atoms with van der Waals surface area (Å²) < 4.78 is 76.1. The van der Waals surface area contributed by atoms with Gasteiger partial charge in [0, 0.05) is 24.2 Å². The molecule has 222 valence electrons. The maximum absolute atomic E-state index is 15.0. The number of rotatable bonds is 8. The smallest absolute Gasteiger partial charge is 0.395 e. The lowest BCUT2D eigenvalue weighted by Crippen LogP contribution is -2.53. The Balaban J connectivity index is 1.16. The quantitative estimate of drug-likeness (QED) is 0.417. The molecule has 41 heavy (non-hydrogen) atoms. The molecule has 1 atom stereocenters. The molecule has 2 amide bonds. The molecule has 0 spiro atoms. The van der Waals surface area contributed by atoms with Gasteiger partial charge < -0.3 is 20.3 Å². The van der Waals surface area contributed by atoms with Crippen molar-refractivity contribution in [1.82, 2.24) is 9.80 Å². The maximum Gasteiger partial charge on any atom is 0.395 e. The number of nitrogens with two attached hydrogens (primary N) is 1. The highest BCUT2D eigenvalue weighted by Gasteiger charge is 2.58. The van der Waals surface area contributed by atoms with Gasteiger partial charge >= 0.3 is 6.18 Å². The first-order chi connectivity index (χ1) is 19.5. The number of carbonyl (C=O) groups is 2. The Hall–Kier alpha value is -3.21. The van der Waals surface area contributed by atoms with Crippen LogP contribution in [-0.2, 0) is 4.79 Å². The number of piperidine rings is 1. The van der Waals surface area contributed by atoms with Crippen LogP contribution in [-0.4, -0.2) is 66.6 Å².